The lowest BCUT2D eigenvalue weighted by atomic mass is 9.99. The van der Waals surface area contributed by atoms with E-state index in [0.29, 0.717) is 22.4 Å². The second-order valence-electron chi connectivity index (χ2n) is 3.09. The standard InChI is InChI=1S/C11H10ClNO3/c1-16-10-3-2-7(6-13)9(5-12)8(10)4-11(14)15/h2-3H,4-5H2,1H3,(H,14,15). The van der Waals surface area contributed by atoms with Gasteiger partial charge in [0.2, 0.25) is 0 Å². The third-order valence-corrected chi connectivity index (χ3v) is 2.46. The molecule has 5 heteroatoms. The average molecular weight is 240 g/mol. The summed E-state index contributed by atoms with van der Waals surface area (Å²) in [5.74, 6) is -0.459. The van der Waals surface area contributed by atoms with Gasteiger partial charge >= 0.3 is 5.97 Å². The van der Waals surface area contributed by atoms with Crippen molar-refractivity contribution in [3.63, 3.8) is 0 Å². The van der Waals surface area contributed by atoms with Crippen molar-refractivity contribution in [2.24, 2.45) is 0 Å². The van der Waals surface area contributed by atoms with E-state index in [0.717, 1.165) is 0 Å². The Labute approximate surface area is 98.0 Å². The van der Waals surface area contributed by atoms with E-state index in [1.54, 1.807) is 12.1 Å². The number of nitriles is 1. The number of benzene rings is 1. The van der Waals surface area contributed by atoms with Gasteiger partial charge in [0.15, 0.2) is 0 Å². The van der Waals surface area contributed by atoms with Crippen LogP contribution in [0.4, 0.5) is 0 Å². The summed E-state index contributed by atoms with van der Waals surface area (Å²) in [5, 5.41) is 17.7. The maximum Gasteiger partial charge on any atom is 0.307 e. The highest BCUT2D eigenvalue weighted by molar-refractivity contribution is 6.17. The molecule has 1 aromatic rings. The minimum atomic E-state index is -0.986. The first kappa shape index (κ1) is 12.3. The molecule has 0 radical (unpaired) electrons. The lowest BCUT2D eigenvalue weighted by molar-refractivity contribution is -0.136. The summed E-state index contributed by atoms with van der Waals surface area (Å²) in [4.78, 5) is 10.7. The Morgan fingerprint density at radius 2 is 2.25 bits per heavy atom. The summed E-state index contributed by atoms with van der Waals surface area (Å²) in [6, 6.07) is 5.13. The number of hydrogen-bond donors (Lipinski definition) is 1. The molecule has 0 heterocycles. The Bertz CT molecular complexity index is 451. The van der Waals surface area contributed by atoms with Crippen LogP contribution in [-0.2, 0) is 17.1 Å². The molecule has 1 aromatic carbocycles. The molecule has 0 unspecified atom stereocenters. The Morgan fingerprint density at radius 1 is 1.56 bits per heavy atom. The van der Waals surface area contributed by atoms with Crippen LogP contribution in [0.1, 0.15) is 16.7 Å². The first-order valence-electron chi connectivity index (χ1n) is 4.50. The minimum Gasteiger partial charge on any atom is -0.496 e. The van der Waals surface area contributed by atoms with Crippen molar-refractivity contribution in [2.45, 2.75) is 12.3 Å². The molecule has 0 bridgehead atoms. The molecule has 0 aliphatic carbocycles. The zero-order valence-electron chi connectivity index (χ0n) is 8.66. The van der Waals surface area contributed by atoms with Gasteiger partial charge in [0.1, 0.15) is 5.75 Å². The fourth-order valence-electron chi connectivity index (χ4n) is 1.47. The van der Waals surface area contributed by atoms with Crippen LogP contribution in [0.5, 0.6) is 5.75 Å². The van der Waals surface area contributed by atoms with E-state index in [1.807, 2.05) is 6.07 Å². The van der Waals surface area contributed by atoms with Crippen LogP contribution in [0.25, 0.3) is 0 Å². The van der Waals surface area contributed by atoms with E-state index in [4.69, 9.17) is 26.7 Å². The van der Waals surface area contributed by atoms with Gasteiger partial charge < -0.3 is 9.84 Å². The number of nitrogens with zero attached hydrogens (tertiary/aromatic N) is 1. The molecule has 84 valence electrons. The Balaban J connectivity index is 3.37. The summed E-state index contributed by atoms with van der Waals surface area (Å²) in [6.45, 7) is 0. The molecule has 1 rings (SSSR count). The van der Waals surface area contributed by atoms with Gasteiger partial charge in [-0.2, -0.15) is 5.26 Å². The molecule has 0 amide bonds. The van der Waals surface area contributed by atoms with Crippen LogP contribution in [0, 0.1) is 11.3 Å². The molecule has 0 fully saturated rings. The predicted octanol–water partition coefficient (Wildman–Crippen LogP) is 1.93. The van der Waals surface area contributed by atoms with Gasteiger partial charge in [-0.1, -0.05) is 0 Å². The second-order valence-corrected chi connectivity index (χ2v) is 3.36. The van der Waals surface area contributed by atoms with Crippen LogP contribution in [-0.4, -0.2) is 18.2 Å². The van der Waals surface area contributed by atoms with E-state index in [1.165, 1.54) is 7.11 Å². The Kier molecular flexibility index (Phi) is 4.15. The summed E-state index contributed by atoms with van der Waals surface area (Å²) in [6.07, 6.45) is -0.208. The zero-order chi connectivity index (χ0) is 12.1. The van der Waals surface area contributed by atoms with E-state index in [9.17, 15) is 4.79 Å². The van der Waals surface area contributed by atoms with Crippen LogP contribution in [0.2, 0.25) is 0 Å². The first-order valence-corrected chi connectivity index (χ1v) is 5.04. The smallest absolute Gasteiger partial charge is 0.307 e. The van der Waals surface area contributed by atoms with E-state index in [2.05, 4.69) is 0 Å². The second kappa shape index (κ2) is 5.38. The number of halogens is 1. The van der Waals surface area contributed by atoms with E-state index in [-0.39, 0.29) is 12.3 Å². The summed E-state index contributed by atoms with van der Waals surface area (Å²) in [5.41, 5.74) is 1.36. The van der Waals surface area contributed by atoms with Crippen molar-refractivity contribution in [3.05, 3.63) is 28.8 Å². The maximum atomic E-state index is 10.7. The van der Waals surface area contributed by atoms with Crippen molar-refractivity contribution < 1.29 is 14.6 Å². The molecule has 4 nitrogen and oxygen atoms in total. The number of aliphatic carboxylic acids is 1. The fourth-order valence-corrected chi connectivity index (χ4v) is 1.77. The number of methoxy groups -OCH3 is 1. The molecular weight excluding hydrogens is 230 g/mol. The highest BCUT2D eigenvalue weighted by Gasteiger charge is 2.15. The normalized spacial score (nSPS) is 9.56. The minimum absolute atomic E-state index is 0.0860. The van der Waals surface area contributed by atoms with Crippen LogP contribution in [0.15, 0.2) is 12.1 Å². The topological polar surface area (TPSA) is 70.3 Å². The number of hydrogen-bond acceptors (Lipinski definition) is 3. The average Bonchev–Trinajstić information content (AvgIpc) is 2.27. The van der Waals surface area contributed by atoms with Gasteiger partial charge in [-0.05, 0) is 17.7 Å². The van der Waals surface area contributed by atoms with Gasteiger partial charge in [-0.3, -0.25) is 4.79 Å². The number of alkyl halides is 1. The van der Waals surface area contributed by atoms with Crippen molar-refractivity contribution in [1.29, 1.82) is 5.26 Å². The van der Waals surface area contributed by atoms with Crippen LogP contribution < -0.4 is 4.74 Å². The monoisotopic (exact) mass is 239 g/mol. The molecule has 0 saturated heterocycles. The summed E-state index contributed by atoms with van der Waals surface area (Å²) < 4.78 is 5.06. The predicted molar refractivity (Wildman–Crippen MR) is 58.6 cm³/mol. The number of ether oxygens (including phenoxy) is 1. The third kappa shape index (κ3) is 2.44. The lowest BCUT2D eigenvalue weighted by Crippen LogP contribution is -2.06. The molecule has 0 aliphatic heterocycles. The molecule has 1 N–H and O–H groups in total. The van der Waals surface area contributed by atoms with Crippen molar-refractivity contribution in [3.8, 4) is 11.8 Å². The van der Waals surface area contributed by atoms with Gasteiger partial charge in [-0.25, -0.2) is 0 Å². The quantitative estimate of drug-likeness (QED) is 0.815. The number of carbonyl (C=O) groups is 1. The highest BCUT2D eigenvalue weighted by atomic mass is 35.5. The molecular formula is C11H10ClNO3. The SMILES string of the molecule is COc1ccc(C#N)c(CCl)c1CC(=O)O. The van der Waals surface area contributed by atoms with Crippen LogP contribution in [0.3, 0.4) is 0 Å². The Hall–Kier alpha value is -1.73. The number of rotatable bonds is 4. The molecule has 0 aromatic heterocycles. The largest absolute Gasteiger partial charge is 0.496 e. The molecule has 16 heavy (non-hydrogen) atoms. The third-order valence-electron chi connectivity index (χ3n) is 2.19. The number of carboxylic acids is 1. The number of carboxylic acid groups (broad SMARTS) is 1. The van der Waals surface area contributed by atoms with Gasteiger partial charge in [0.25, 0.3) is 0 Å². The molecule has 0 aliphatic rings. The molecule has 0 spiro atoms. The molecule has 0 atom stereocenters. The van der Waals surface area contributed by atoms with Crippen molar-refractivity contribution >= 4 is 17.6 Å². The zero-order valence-corrected chi connectivity index (χ0v) is 9.41. The maximum absolute atomic E-state index is 10.7. The van der Waals surface area contributed by atoms with Gasteiger partial charge in [0.05, 0.1) is 25.2 Å². The van der Waals surface area contributed by atoms with Crippen LogP contribution >= 0.6 is 11.6 Å². The molecule has 0 saturated carbocycles. The van der Waals surface area contributed by atoms with E-state index < -0.39 is 5.97 Å². The van der Waals surface area contributed by atoms with Gasteiger partial charge in [-0.15, -0.1) is 11.6 Å². The van der Waals surface area contributed by atoms with Gasteiger partial charge in [0, 0.05) is 11.4 Å². The fraction of sp³-hybridized carbons (Fsp3) is 0.273. The summed E-state index contributed by atoms with van der Waals surface area (Å²) >= 11 is 5.73. The van der Waals surface area contributed by atoms with Crippen molar-refractivity contribution in [2.75, 3.05) is 7.11 Å². The highest BCUT2D eigenvalue weighted by Crippen LogP contribution is 2.27. The van der Waals surface area contributed by atoms with E-state index >= 15 is 0 Å². The lowest BCUT2D eigenvalue weighted by Gasteiger charge is -2.12. The first-order chi connectivity index (χ1) is 7.63. The summed E-state index contributed by atoms with van der Waals surface area (Å²) in [7, 11) is 1.45. The van der Waals surface area contributed by atoms with Crippen molar-refractivity contribution in [1.82, 2.24) is 0 Å². The Morgan fingerprint density at radius 3 is 2.69 bits per heavy atom.